The number of rotatable bonds is 3. The average molecular weight is 153 g/mol. The van der Waals surface area contributed by atoms with Crippen molar-refractivity contribution in [1.29, 1.82) is 0 Å². The Hall–Kier alpha value is 0.976. The lowest BCUT2D eigenvalue weighted by atomic mass is 10.8. The molecule has 0 rings (SSSR count). The molecule has 0 bridgehead atoms. The Balaban J connectivity index is -0.000000125. The van der Waals surface area contributed by atoms with Crippen molar-refractivity contribution in [2.45, 2.75) is 0 Å². The molecule has 0 heterocycles. The maximum absolute atomic E-state index is 4.66. The lowest BCUT2D eigenvalue weighted by Crippen LogP contribution is -1.96. The predicted molar refractivity (Wildman–Crippen MR) is 39.5 cm³/mol. The molecule has 0 saturated heterocycles. The summed E-state index contributed by atoms with van der Waals surface area (Å²) in [5, 5.41) is 0. The maximum Gasteiger partial charge on any atom is 0.316 e. The van der Waals surface area contributed by atoms with Gasteiger partial charge in [-0.05, 0) is 0 Å². The SMILES string of the molecule is COCCOC.Cl.[MgH2]. The van der Waals surface area contributed by atoms with Crippen LogP contribution in [0.5, 0.6) is 0 Å². The van der Waals surface area contributed by atoms with Gasteiger partial charge in [-0.3, -0.25) is 0 Å². The topological polar surface area (TPSA) is 18.5 Å². The largest absolute Gasteiger partial charge is 0.382 e. The van der Waals surface area contributed by atoms with Gasteiger partial charge >= 0.3 is 23.1 Å². The third kappa shape index (κ3) is 15.8. The van der Waals surface area contributed by atoms with Crippen molar-refractivity contribution in [2.75, 3.05) is 27.4 Å². The van der Waals surface area contributed by atoms with Crippen LogP contribution in [0.4, 0.5) is 0 Å². The van der Waals surface area contributed by atoms with Gasteiger partial charge in [0.2, 0.25) is 0 Å². The minimum atomic E-state index is 0. The van der Waals surface area contributed by atoms with Gasteiger partial charge in [-0.25, -0.2) is 0 Å². The number of hydrogen-bond donors (Lipinski definition) is 0. The molecule has 0 unspecified atom stereocenters. The normalized spacial score (nSPS) is 6.75. The zero-order valence-corrected chi connectivity index (χ0v) is 5.46. The summed E-state index contributed by atoms with van der Waals surface area (Å²) in [6.07, 6.45) is 0. The van der Waals surface area contributed by atoms with Gasteiger partial charge in [-0.15, -0.1) is 12.4 Å². The first kappa shape index (κ1) is 16.0. The maximum atomic E-state index is 4.66. The molecule has 4 heteroatoms. The van der Waals surface area contributed by atoms with Crippen molar-refractivity contribution in [1.82, 2.24) is 0 Å². The molecule has 0 radical (unpaired) electrons. The van der Waals surface area contributed by atoms with E-state index in [-0.39, 0.29) is 35.5 Å². The van der Waals surface area contributed by atoms with Crippen LogP contribution >= 0.6 is 12.4 Å². The number of hydrogen-bond acceptors (Lipinski definition) is 2. The molecule has 0 aliphatic carbocycles. The minimum absolute atomic E-state index is 0. The zero-order valence-electron chi connectivity index (χ0n) is 4.64. The summed E-state index contributed by atoms with van der Waals surface area (Å²) in [4.78, 5) is 0. The highest BCUT2D eigenvalue weighted by molar-refractivity contribution is 5.85. The van der Waals surface area contributed by atoms with Gasteiger partial charge in [-0.1, -0.05) is 0 Å². The van der Waals surface area contributed by atoms with Crippen LogP contribution in [-0.2, 0) is 9.47 Å². The van der Waals surface area contributed by atoms with E-state index >= 15 is 0 Å². The smallest absolute Gasteiger partial charge is 0.316 e. The molecular formula is C4H13ClMgO2. The van der Waals surface area contributed by atoms with Crippen LogP contribution in [0.15, 0.2) is 0 Å². The van der Waals surface area contributed by atoms with Gasteiger partial charge in [0.15, 0.2) is 0 Å². The van der Waals surface area contributed by atoms with Crippen LogP contribution in [0.2, 0.25) is 0 Å². The van der Waals surface area contributed by atoms with E-state index in [9.17, 15) is 0 Å². The van der Waals surface area contributed by atoms with E-state index in [0.29, 0.717) is 13.2 Å². The van der Waals surface area contributed by atoms with Crippen LogP contribution in [0, 0.1) is 0 Å². The fourth-order valence-corrected chi connectivity index (χ4v) is 0.167. The van der Waals surface area contributed by atoms with E-state index < -0.39 is 0 Å². The van der Waals surface area contributed by atoms with E-state index in [1.54, 1.807) is 14.2 Å². The third-order valence-corrected chi connectivity index (χ3v) is 0.492. The van der Waals surface area contributed by atoms with E-state index in [1.165, 1.54) is 0 Å². The summed E-state index contributed by atoms with van der Waals surface area (Å²) in [7, 11) is 3.30. The van der Waals surface area contributed by atoms with Crippen molar-refractivity contribution >= 4 is 35.5 Å². The summed E-state index contributed by atoms with van der Waals surface area (Å²) in [5.74, 6) is 0. The van der Waals surface area contributed by atoms with Crippen LogP contribution in [0.3, 0.4) is 0 Å². The van der Waals surface area contributed by atoms with Crippen LogP contribution in [0.25, 0.3) is 0 Å². The summed E-state index contributed by atoms with van der Waals surface area (Å²) in [5.41, 5.74) is 0. The second-order valence-electron chi connectivity index (χ2n) is 0.986. The number of methoxy groups -OCH3 is 2. The van der Waals surface area contributed by atoms with Gasteiger partial charge in [0.1, 0.15) is 0 Å². The molecular weight excluding hydrogens is 140 g/mol. The molecule has 0 aliphatic rings. The van der Waals surface area contributed by atoms with Crippen molar-refractivity contribution in [3.63, 3.8) is 0 Å². The Morgan fingerprint density at radius 1 is 1.00 bits per heavy atom. The quantitative estimate of drug-likeness (QED) is 0.412. The van der Waals surface area contributed by atoms with Gasteiger partial charge in [0.25, 0.3) is 0 Å². The molecule has 0 fully saturated rings. The van der Waals surface area contributed by atoms with E-state index in [2.05, 4.69) is 9.47 Å². The summed E-state index contributed by atoms with van der Waals surface area (Å²) in [6.45, 7) is 1.38. The van der Waals surface area contributed by atoms with E-state index in [0.717, 1.165) is 0 Å². The first-order chi connectivity index (χ1) is 2.91. The molecule has 8 heavy (non-hydrogen) atoms. The van der Waals surface area contributed by atoms with Crippen LogP contribution in [0.1, 0.15) is 0 Å². The minimum Gasteiger partial charge on any atom is -0.382 e. The first-order valence-electron chi connectivity index (χ1n) is 1.89. The lowest BCUT2D eigenvalue weighted by Gasteiger charge is -1.91. The molecule has 0 aromatic rings. The van der Waals surface area contributed by atoms with Gasteiger partial charge in [-0.2, -0.15) is 0 Å². The highest BCUT2D eigenvalue weighted by atomic mass is 35.5. The Morgan fingerprint density at radius 2 is 1.25 bits per heavy atom. The molecule has 0 amide bonds. The molecule has 0 N–H and O–H groups in total. The number of halogens is 1. The zero-order chi connectivity index (χ0) is 4.83. The Labute approximate surface area is 72.5 Å². The summed E-state index contributed by atoms with van der Waals surface area (Å²) >= 11 is 0. The molecule has 0 aromatic carbocycles. The second kappa shape index (κ2) is 15.7. The van der Waals surface area contributed by atoms with Gasteiger partial charge in [0.05, 0.1) is 13.2 Å². The first-order valence-corrected chi connectivity index (χ1v) is 1.89. The third-order valence-electron chi connectivity index (χ3n) is 0.492. The number of ether oxygens (including phenoxy) is 2. The molecule has 0 spiro atoms. The molecule has 0 atom stereocenters. The fourth-order valence-electron chi connectivity index (χ4n) is 0.167. The van der Waals surface area contributed by atoms with Crippen molar-refractivity contribution in [2.24, 2.45) is 0 Å². The van der Waals surface area contributed by atoms with Gasteiger partial charge in [0, 0.05) is 14.2 Å². The van der Waals surface area contributed by atoms with Crippen molar-refractivity contribution in [3.8, 4) is 0 Å². The van der Waals surface area contributed by atoms with Gasteiger partial charge < -0.3 is 9.47 Å². The lowest BCUT2D eigenvalue weighted by molar-refractivity contribution is 0.103. The second-order valence-corrected chi connectivity index (χ2v) is 0.986. The van der Waals surface area contributed by atoms with Crippen molar-refractivity contribution < 1.29 is 9.47 Å². The predicted octanol–water partition coefficient (Wildman–Crippen LogP) is -0.215. The Bertz CT molecular complexity index is 26.0. The van der Waals surface area contributed by atoms with E-state index in [1.807, 2.05) is 0 Å². The van der Waals surface area contributed by atoms with Crippen LogP contribution < -0.4 is 0 Å². The standard InChI is InChI=1S/C4H10O2.ClH.Mg.2H/c1-5-3-4-6-2;;;;/h3-4H2,1-2H3;1H;;;. The monoisotopic (exact) mass is 152 g/mol. The summed E-state index contributed by atoms with van der Waals surface area (Å²) in [6, 6.07) is 0. The highest BCUT2D eigenvalue weighted by Crippen LogP contribution is 1.65. The highest BCUT2D eigenvalue weighted by Gasteiger charge is 1.73. The molecule has 2 nitrogen and oxygen atoms in total. The average Bonchev–Trinajstić information content (AvgIpc) is 1.61. The molecule has 0 saturated carbocycles. The van der Waals surface area contributed by atoms with E-state index in [4.69, 9.17) is 0 Å². The molecule has 0 aliphatic heterocycles. The molecule has 50 valence electrons. The Kier molecular flexibility index (Phi) is 31.3. The fraction of sp³-hybridized carbons (Fsp3) is 1.00. The van der Waals surface area contributed by atoms with Crippen LogP contribution in [-0.4, -0.2) is 50.5 Å². The van der Waals surface area contributed by atoms with Crippen molar-refractivity contribution in [3.05, 3.63) is 0 Å². The Morgan fingerprint density at radius 3 is 1.38 bits per heavy atom. The molecule has 0 aromatic heterocycles. The summed E-state index contributed by atoms with van der Waals surface area (Å²) < 4.78 is 9.31.